The maximum absolute atomic E-state index is 12.9. The first-order chi connectivity index (χ1) is 13.8. The van der Waals surface area contributed by atoms with Gasteiger partial charge in [0.25, 0.3) is 0 Å². The lowest BCUT2D eigenvalue weighted by Crippen LogP contribution is -2.52. The maximum atomic E-state index is 12.9. The van der Waals surface area contributed by atoms with Gasteiger partial charge in [-0.1, -0.05) is 6.07 Å². The van der Waals surface area contributed by atoms with Gasteiger partial charge in [0.15, 0.2) is 10.9 Å². The van der Waals surface area contributed by atoms with Crippen LogP contribution in [0.25, 0.3) is 0 Å². The minimum Gasteiger partial charge on any atom is -0.332 e. The molecule has 2 aromatic rings. The number of hydrogen-bond donors (Lipinski definition) is 2. The lowest BCUT2D eigenvalue weighted by molar-refractivity contribution is -0.137. The second kappa shape index (κ2) is 6.72. The summed E-state index contributed by atoms with van der Waals surface area (Å²) >= 11 is 5.28. The van der Waals surface area contributed by atoms with Gasteiger partial charge in [-0.15, -0.1) is 0 Å². The van der Waals surface area contributed by atoms with E-state index in [4.69, 9.17) is 17.3 Å². The van der Waals surface area contributed by atoms with Gasteiger partial charge in [0.05, 0.1) is 11.1 Å². The summed E-state index contributed by atoms with van der Waals surface area (Å²) in [5.74, 6) is 3.09. The molecule has 1 aromatic heterocycles. The van der Waals surface area contributed by atoms with Gasteiger partial charge in [-0.3, -0.25) is 4.68 Å². The van der Waals surface area contributed by atoms with Crippen LogP contribution in [0.5, 0.6) is 0 Å². The van der Waals surface area contributed by atoms with Crippen molar-refractivity contribution in [2.24, 2.45) is 17.8 Å². The standard InChI is InChI=1S/C21H23F3N4S/c22-21(23,24)16-2-1-3-17(9-16)25-19(29)26-18-4-5-28(27-18)20-10-13-6-14(11-20)8-15(7-13)12-20/h1-5,9,13-15H,6-8,10-12H2,(H2,25,26,27,29). The molecule has 0 spiro atoms. The number of aromatic nitrogens is 2. The molecular formula is C21H23F3N4S. The molecule has 4 aliphatic carbocycles. The summed E-state index contributed by atoms with van der Waals surface area (Å²) in [6, 6.07) is 6.88. The SMILES string of the molecule is FC(F)(F)c1cccc(NC(=S)Nc2ccn(C34CC5CC(CC(C5)C3)C4)n2)c1. The molecule has 4 bridgehead atoms. The highest BCUT2D eigenvalue weighted by molar-refractivity contribution is 7.80. The van der Waals surface area contributed by atoms with E-state index in [9.17, 15) is 13.2 Å². The highest BCUT2D eigenvalue weighted by atomic mass is 32.1. The summed E-state index contributed by atoms with van der Waals surface area (Å²) in [7, 11) is 0. The number of alkyl halides is 3. The Kier molecular flexibility index (Phi) is 4.38. The van der Waals surface area contributed by atoms with Gasteiger partial charge in [-0.25, -0.2) is 0 Å². The number of halogens is 3. The fourth-order valence-electron chi connectivity index (χ4n) is 6.05. The molecule has 0 atom stereocenters. The van der Waals surface area contributed by atoms with E-state index < -0.39 is 11.7 Å². The van der Waals surface area contributed by atoms with Crippen LogP contribution in [-0.4, -0.2) is 14.9 Å². The van der Waals surface area contributed by atoms with Gasteiger partial charge in [0, 0.05) is 18.0 Å². The summed E-state index contributed by atoms with van der Waals surface area (Å²) in [4.78, 5) is 0. The van der Waals surface area contributed by atoms with Crippen LogP contribution in [0.3, 0.4) is 0 Å². The molecule has 0 saturated heterocycles. The topological polar surface area (TPSA) is 41.9 Å². The molecule has 1 heterocycles. The summed E-state index contributed by atoms with van der Waals surface area (Å²) in [5, 5.41) is 10.8. The molecule has 4 saturated carbocycles. The summed E-state index contributed by atoms with van der Waals surface area (Å²) < 4.78 is 40.7. The largest absolute Gasteiger partial charge is 0.416 e. The first-order valence-corrected chi connectivity index (χ1v) is 10.5. The van der Waals surface area contributed by atoms with Gasteiger partial charge in [0.1, 0.15) is 0 Å². The van der Waals surface area contributed by atoms with Crippen molar-refractivity contribution in [1.29, 1.82) is 0 Å². The minimum absolute atomic E-state index is 0.130. The smallest absolute Gasteiger partial charge is 0.332 e. The van der Waals surface area contributed by atoms with Gasteiger partial charge >= 0.3 is 6.18 Å². The van der Waals surface area contributed by atoms with Crippen molar-refractivity contribution in [3.8, 4) is 0 Å². The van der Waals surface area contributed by atoms with Gasteiger partial charge < -0.3 is 10.6 Å². The molecular weight excluding hydrogens is 397 g/mol. The van der Waals surface area contributed by atoms with Gasteiger partial charge in [-0.05, 0) is 86.7 Å². The van der Waals surface area contributed by atoms with Gasteiger partial charge in [0.2, 0.25) is 0 Å². The van der Waals surface area contributed by atoms with E-state index >= 15 is 0 Å². The van der Waals surface area contributed by atoms with Crippen molar-refractivity contribution in [2.45, 2.75) is 50.2 Å². The third-order valence-electron chi connectivity index (χ3n) is 6.77. The first kappa shape index (κ1) is 18.9. The van der Waals surface area contributed by atoms with Crippen LogP contribution in [0.2, 0.25) is 0 Å². The lowest BCUT2D eigenvalue weighted by Gasteiger charge is -2.56. The number of nitrogens with zero attached hydrogens (tertiary/aromatic N) is 2. The van der Waals surface area contributed by atoms with E-state index in [0.29, 0.717) is 5.82 Å². The maximum Gasteiger partial charge on any atom is 0.416 e. The van der Waals surface area contributed by atoms with Crippen LogP contribution in [0, 0.1) is 17.8 Å². The lowest BCUT2D eigenvalue weighted by atomic mass is 9.53. The Bertz CT molecular complexity index is 901. The third-order valence-corrected chi connectivity index (χ3v) is 6.97. The summed E-state index contributed by atoms with van der Waals surface area (Å²) in [6.45, 7) is 0. The van der Waals surface area contributed by atoms with Crippen LogP contribution in [-0.2, 0) is 11.7 Å². The van der Waals surface area contributed by atoms with Crippen molar-refractivity contribution in [2.75, 3.05) is 10.6 Å². The molecule has 4 nitrogen and oxygen atoms in total. The summed E-state index contributed by atoms with van der Waals surface area (Å²) in [6.07, 6.45) is 5.35. The van der Waals surface area contributed by atoms with E-state index in [-0.39, 0.29) is 16.3 Å². The zero-order valence-corrected chi connectivity index (χ0v) is 16.7. The van der Waals surface area contributed by atoms with Crippen molar-refractivity contribution in [1.82, 2.24) is 9.78 Å². The quantitative estimate of drug-likeness (QED) is 0.631. The third kappa shape index (κ3) is 3.63. The molecule has 29 heavy (non-hydrogen) atoms. The number of thiocarbonyl (C=S) groups is 1. The van der Waals surface area contributed by atoms with E-state index in [1.807, 2.05) is 12.3 Å². The fraction of sp³-hybridized carbons (Fsp3) is 0.524. The van der Waals surface area contributed by atoms with Crippen LogP contribution in [0.4, 0.5) is 24.7 Å². The zero-order valence-electron chi connectivity index (χ0n) is 15.9. The van der Waals surface area contributed by atoms with E-state index in [1.165, 1.54) is 44.6 Å². The number of anilines is 2. The van der Waals surface area contributed by atoms with Crippen LogP contribution in [0.15, 0.2) is 36.5 Å². The second-order valence-electron chi connectivity index (χ2n) is 8.95. The fourth-order valence-corrected chi connectivity index (χ4v) is 6.27. The number of hydrogen-bond acceptors (Lipinski definition) is 2. The molecule has 4 aliphatic rings. The Morgan fingerprint density at radius 2 is 1.69 bits per heavy atom. The molecule has 0 aliphatic heterocycles. The van der Waals surface area contributed by atoms with Crippen LogP contribution < -0.4 is 10.6 Å². The van der Waals surface area contributed by atoms with Gasteiger partial charge in [-0.2, -0.15) is 18.3 Å². The van der Waals surface area contributed by atoms with Crippen molar-refractivity contribution < 1.29 is 13.2 Å². The molecule has 6 rings (SSSR count). The molecule has 4 fully saturated rings. The predicted molar refractivity (Wildman–Crippen MR) is 110 cm³/mol. The van der Waals surface area contributed by atoms with Crippen molar-refractivity contribution >= 4 is 28.8 Å². The molecule has 1 aromatic carbocycles. The van der Waals surface area contributed by atoms with E-state index in [2.05, 4.69) is 15.3 Å². The molecule has 8 heteroatoms. The predicted octanol–water partition coefficient (Wildman–Crippen LogP) is 5.64. The van der Waals surface area contributed by atoms with Crippen LogP contribution in [0.1, 0.15) is 44.1 Å². The Hall–Kier alpha value is -2.09. The van der Waals surface area contributed by atoms with Crippen LogP contribution >= 0.6 is 12.2 Å². The highest BCUT2D eigenvalue weighted by Gasteiger charge is 2.52. The number of nitrogens with one attached hydrogen (secondary N) is 2. The average molecular weight is 421 g/mol. The Morgan fingerprint density at radius 3 is 2.31 bits per heavy atom. The molecule has 0 radical (unpaired) electrons. The normalized spacial score (nSPS) is 30.4. The van der Waals surface area contributed by atoms with Crippen molar-refractivity contribution in [3.63, 3.8) is 0 Å². The molecule has 154 valence electrons. The Labute approximate surface area is 172 Å². The minimum atomic E-state index is -4.39. The van der Waals surface area contributed by atoms with E-state index in [0.717, 1.165) is 29.9 Å². The molecule has 2 N–H and O–H groups in total. The monoisotopic (exact) mass is 420 g/mol. The Balaban J connectivity index is 1.27. The average Bonchev–Trinajstić information content (AvgIpc) is 3.09. The summed E-state index contributed by atoms with van der Waals surface area (Å²) in [5.41, 5.74) is -0.292. The Morgan fingerprint density at radius 1 is 1.03 bits per heavy atom. The highest BCUT2D eigenvalue weighted by Crippen LogP contribution is 2.58. The van der Waals surface area contributed by atoms with E-state index in [1.54, 1.807) is 6.07 Å². The number of benzene rings is 1. The zero-order chi connectivity index (χ0) is 20.2. The molecule has 0 unspecified atom stereocenters. The first-order valence-electron chi connectivity index (χ1n) is 10.1. The number of rotatable bonds is 3. The second-order valence-corrected chi connectivity index (χ2v) is 9.35. The molecule has 0 amide bonds. The van der Waals surface area contributed by atoms with Crippen molar-refractivity contribution in [3.05, 3.63) is 42.1 Å².